The zero-order valence-corrected chi connectivity index (χ0v) is 13.2. The van der Waals surface area contributed by atoms with Gasteiger partial charge in [-0.05, 0) is 32.4 Å². The van der Waals surface area contributed by atoms with Crippen LogP contribution in [0.25, 0.3) is 0 Å². The summed E-state index contributed by atoms with van der Waals surface area (Å²) in [6.45, 7) is 7.90. The second kappa shape index (κ2) is 8.00. The molecule has 0 aliphatic rings. The highest BCUT2D eigenvalue weighted by atomic mass is 35.5. The Balaban J connectivity index is 3.23. The number of hydrogen-bond acceptors (Lipinski definition) is 4. The number of benzene rings is 1. The van der Waals surface area contributed by atoms with E-state index < -0.39 is 0 Å². The summed E-state index contributed by atoms with van der Waals surface area (Å²) in [5, 5.41) is 0.492. The summed E-state index contributed by atoms with van der Waals surface area (Å²) in [5.41, 5.74) is 7.42. The quantitative estimate of drug-likeness (QED) is 0.615. The van der Waals surface area contributed by atoms with Gasteiger partial charge in [-0.15, -0.1) is 0 Å². The largest absolute Gasteiger partial charge is 0.462 e. The third kappa shape index (κ3) is 4.04. The molecule has 0 heterocycles. The number of rotatable bonds is 7. The molecular weight excluding hydrogens is 276 g/mol. The van der Waals surface area contributed by atoms with Crippen LogP contribution in [0, 0.1) is 0 Å². The minimum absolute atomic E-state index is 0.325. The SMILES string of the molecule is CCCCN(CC)c1c(Cl)cc(N)cc1C(=O)OCC. The van der Waals surface area contributed by atoms with Gasteiger partial charge < -0.3 is 15.4 Å². The van der Waals surface area contributed by atoms with E-state index in [1.54, 1.807) is 19.1 Å². The number of nitrogen functional groups attached to an aromatic ring is 1. The van der Waals surface area contributed by atoms with Crippen LogP contribution in [0.4, 0.5) is 11.4 Å². The molecule has 0 aliphatic heterocycles. The van der Waals surface area contributed by atoms with E-state index in [2.05, 4.69) is 11.8 Å². The number of carbonyl (C=O) groups is 1. The van der Waals surface area contributed by atoms with E-state index in [0.29, 0.717) is 22.9 Å². The average Bonchev–Trinajstić information content (AvgIpc) is 2.41. The Morgan fingerprint density at radius 3 is 2.60 bits per heavy atom. The number of unbranched alkanes of at least 4 members (excludes halogenated alkanes) is 1. The molecule has 0 unspecified atom stereocenters. The summed E-state index contributed by atoms with van der Waals surface area (Å²) in [4.78, 5) is 14.2. The summed E-state index contributed by atoms with van der Waals surface area (Å²) in [6.07, 6.45) is 2.12. The third-order valence-corrected chi connectivity index (χ3v) is 3.35. The number of hydrogen-bond donors (Lipinski definition) is 1. The van der Waals surface area contributed by atoms with Crippen molar-refractivity contribution in [2.45, 2.75) is 33.6 Å². The molecule has 0 aliphatic carbocycles. The molecule has 0 bridgehead atoms. The van der Waals surface area contributed by atoms with Gasteiger partial charge in [0, 0.05) is 18.8 Å². The van der Waals surface area contributed by atoms with Gasteiger partial charge >= 0.3 is 5.97 Å². The average molecular weight is 299 g/mol. The molecule has 0 saturated carbocycles. The fourth-order valence-corrected chi connectivity index (χ4v) is 2.43. The van der Waals surface area contributed by atoms with Crippen molar-refractivity contribution >= 4 is 28.9 Å². The van der Waals surface area contributed by atoms with Gasteiger partial charge in [-0.1, -0.05) is 24.9 Å². The minimum Gasteiger partial charge on any atom is -0.462 e. The molecule has 2 N–H and O–H groups in total. The van der Waals surface area contributed by atoms with E-state index >= 15 is 0 Å². The molecule has 4 nitrogen and oxygen atoms in total. The number of halogens is 1. The Labute approximate surface area is 125 Å². The van der Waals surface area contributed by atoms with E-state index in [4.69, 9.17) is 22.1 Å². The number of ether oxygens (including phenoxy) is 1. The third-order valence-electron chi connectivity index (χ3n) is 3.06. The fourth-order valence-electron chi connectivity index (χ4n) is 2.08. The van der Waals surface area contributed by atoms with Gasteiger partial charge in [0.1, 0.15) is 0 Å². The summed E-state index contributed by atoms with van der Waals surface area (Å²) in [7, 11) is 0. The van der Waals surface area contributed by atoms with Crippen LogP contribution in [-0.2, 0) is 4.74 Å². The first-order valence-electron chi connectivity index (χ1n) is 7.06. The molecule has 1 aromatic carbocycles. The predicted molar refractivity (Wildman–Crippen MR) is 84.6 cm³/mol. The number of anilines is 2. The van der Waals surface area contributed by atoms with Crippen molar-refractivity contribution in [1.29, 1.82) is 0 Å². The highest BCUT2D eigenvalue weighted by Crippen LogP contribution is 2.33. The van der Waals surface area contributed by atoms with E-state index in [1.165, 1.54) is 0 Å². The number of carbonyl (C=O) groups excluding carboxylic acids is 1. The number of esters is 1. The van der Waals surface area contributed by atoms with Crippen molar-refractivity contribution < 1.29 is 9.53 Å². The van der Waals surface area contributed by atoms with Gasteiger partial charge in [0.05, 0.1) is 22.9 Å². The highest BCUT2D eigenvalue weighted by Gasteiger charge is 2.20. The lowest BCUT2D eigenvalue weighted by Crippen LogP contribution is -2.26. The molecule has 0 amide bonds. The maximum Gasteiger partial charge on any atom is 0.340 e. The monoisotopic (exact) mass is 298 g/mol. The van der Waals surface area contributed by atoms with Gasteiger partial charge in [0.2, 0.25) is 0 Å². The Morgan fingerprint density at radius 1 is 1.35 bits per heavy atom. The van der Waals surface area contributed by atoms with Crippen molar-refractivity contribution in [3.63, 3.8) is 0 Å². The van der Waals surface area contributed by atoms with Crippen LogP contribution in [0.2, 0.25) is 5.02 Å². The Hall–Kier alpha value is -1.42. The standard InChI is InChI=1S/C15H23ClN2O2/c1-4-7-8-18(5-2)14-12(15(19)20-6-3)9-11(17)10-13(14)16/h9-10H,4-8,17H2,1-3H3. The molecule has 0 spiro atoms. The smallest absolute Gasteiger partial charge is 0.340 e. The van der Waals surface area contributed by atoms with Gasteiger partial charge in [-0.2, -0.15) is 0 Å². The first kappa shape index (κ1) is 16.6. The lowest BCUT2D eigenvalue weighted by Gasteiger charge is -2.26. The van der Waals surface area contributed by atoms with Crippen molar-refractivity contribution in [1.82, 2.24) is 0 Å². The number of nitrogens with two attached hydrogens (primary N) is 1. The van der Waals surface area contributed by atoms with Crippen LogP contribution in [0.1, 0.15) is 44.0 Å². The Morgan fingerprint density at radius 2 is 2.05 bits per heavy atom. The van der Waals surface area contributed by atoms with E-state index in [-0.39, 0.29) is 5.97 Å². The van der Waals surface area contributed by atoms with Gasteiger partial charge in [0.25, 0.3) is 0 Å². The zero-order chi connectivity index (χ0) is 15.1. The molecule has 112 valence electrons. The maximum absolute atomic E-state index is 12.1. The Kier molecular flexibility index (Phi) is 6.65. The van der Waals surface area contributed by atoms with Crippen LogP contribution in [0.5, 0.6) is 0 Å². The lowest BCUT2D eigenvalue weighted by atomic mass is 10.1. The number of nitrogens with zero attached hydrogens (tertiary/aromatic N) is 1. The maximum atomic E-state index is 12.1. The molecule has 5 heteroatoms. The van der Waals surface area contributed by atoms with Gasteiger partial charge in [-0.3, -0.25) is 0 Å². The fraction of sp³-hybridized carbons (Fsp3) is 0.533. The first-order chi connectivity index (χ1) is 9.54. The summed E-state index contributed by atoms with van der Waals surface area (Å²) < 4.78 is 5.10. The van der Waals surface area contributed by atoms with E-state index in [1.807, 2.05) is 6.92 Å². The summed E-state index contributed by atoms with van der Waals surface area (Å²) in [5.74, 6) is -0.383. The first-order valence-corrected chi connectivity index (χ1v) is 7.43. The van der Waals surface area contributed by atoms with Crippen molar-refractivity contribution in [3.05, 3.63) is 22.7 Å². The van der Waals surface area contributed by atoms with Crippen LogP contribution in [-0.4, -0.2) is 25.7 Å². The second-order valence-electron chi connectivity index (χ2n) is 4.55. The highest BCUT2D eigenvalue weighted by molar-refractivity contribution is 6.34. The lowest BCUT2D eigenvalue weighted by molar-refractivity contribution is 0.0527. The topological polar surface area (TPSA) is 55.6 Å². The van der Waals surface area contributed by atoms with Crippen LogP contribution >= 0.6 is 11.6 Å². The molecule has 1 rings (SSSR count). The molecule has 0 aromatic heterocycles. The molecule has 0 fully saturated rings. The van der Waals surface area contributed by atoms with Crippen molar-refractivity contribution in [2.75, 3.05) is 30.3 Å². The second-order valence-corrected chi connectivity index (χ2v) is 4.96. The van der Waals surface area contributed by atoms with Crippen molar-refractivity contribution in [3.8, 4) is 0 Å². The van der Waals surface area contributed by atoms with Crippen LogP contribution < -0.4 is 10.6 Å². The predicted octanol–water partition coefficient (Wildman–Crippen LogP) is 3.73. The summed E-state index contributed by atoms with van der Waals surface area (Å²) >= 11 is 6.30. The molecule has 0 radical (unpaired) electrons. The van der Waals surface area contributed by atoms with Crippen molar-refractivity contribution in [2.24, 2.45) is 0 Å². The van der Waals surface area contributed by atoms with Crippen LogP contribution in [0.15, 0.2) is 12.1 Å². The normalized spacial score (nSPS) is 10.4. The molecule has 0 saturated heterocycles. The molecular formula is C15H23ClN2O2. The van der Waals surface area contributed by atoms with Gasteiger partial charge in [0.15, 0.2) is 0 Å². The molecule has 0 atom stereocenters. The Bertz CT molecular complexity index is 463. The van der Waals surface area contributed by atoms with Gasteiger partial charge in [-0.25, -0.2) is 4.79 Å². The zero-order valence-electron chi connectivity index (χ0n) is 12.4. The summed E-state index contributed by atoms with van der Waals surface area (Å²) in [6, 6.07) is 3.31. The molecule has 20 heavy (non-hydrogen) atoms. The molecule has 1 aromatic rings. The van der Waals surface area contributed by atoms with E-state index in [9.17, 15) is 4.79 Å². The minimum atomic E-state index is -0.383. The van der Waals surface area contributed by atoms with E-state index in [0.717, 1.165) is 31.6 Å². The van der Waals surface area contributed by atoms with Crippen LogP contribution in [0.3, 0.4) is 0 Å².